The van der Waals surface area contributed by atoms with Gasteiger partial charge in [0.1, 0.15) is 6.04 Å². The summed E-state index contributed by atoms with van der Waals surface area (Å²) in [7, 11) is 3.66. The lowest BCUT2D eigenvalue weighted by atomic mass is 10.0. The standard InChI is InChI=1S/C19H27N5O.2ClH/c1-20-18(16-11-21-23(2)13-16)19(25)22-17-9-6-10-24(14-17)12-15-7-4-3-5-8-15;;/h3-5,7-8,11,13,17-18,20H,6,9-10,12,14H2,1-2H3,(H,22,25);2*1H. The monoisotopic (exact) mass is 413 g/mol. The number of nitrogens with zero attached hydrogens (tertiary/aromatic N) is 3. The Morgan fingerprint density at radius 1 is 1.30 bits per heavy atom. The van der Waals surface area contributed by atoms with Gasteiger partial charge in [-0.3, -0.25) is 14.4 Å². The average molecular weight is 414 g/mol. The van der Waals surface area contributed by atoms with E-state index >= 15 is 0 Å². The van der Waals surface area contributed by atoms with Crippen molar-refractivity contribution in [3.05, 3.63) is 53.9 Å². The molecule has 2 atom stereocenters. The summed E-state index contributed by atoms with van der Waals surface area (Å²) in [6.07, 6.45) is 5.75. The third-order valence-electron chi connectivity index (χ3n) is 4.71. The van der Waals surface area contributed by atoms with E-state index in [9.17, 15) is 4.79 Å². The molecule has 1 aromatic carbocycles. The van der Waals surface area contributed by atoms with E-state index < -0.39 is 0 Å². The summed E-state index contributed by atoms with van der Waals surface area (Å²) in [6.45, 7) is 2.91. The number of aromatic nitrogens is 2. The summed E-state index contributed by atoms with van der Waals surface area (Å²) in [5, 5.41) is 10.5. The summed E-state index contributed by atoms with van der Waals surface area (Å²) < 4.78 is 1.72. The molecule has 2 N–H and O–H groups in total. The van der Waals surface area contributed by atoms with Crippen LogP contribution in [0, 0.1) is 0 Å². The Labute approximate surface area is 173 Å². The van der Waals surface area contributed by atoms with Crippen molar-refractivity contribution in [1.29, 1.82) is 0 Å². The first-order valence-electron chi connectivity index (χ1n) is 8.88. The van der Waals surface area contributed by atoms with Crippen LogP contribution in [0.4, 0.5) is 0 Å². The number of nitrogens with one attached hydrogen (secondary N) is 2. The maximum atomic E-state index is 12.7. The predicted octanol–water partition coefficient (Wildman–Crippen LogP) is 2.31. The van der Waals surface area contributed by atoms with Crippen LogP contribution in [-0.2, 0) is 18.4 Å². The van der Waals surface area contributed by atoms with Gasteiger partial charge >= 0.3 is 0 Å². The van der Waals surface area contributed by atoms with Crippen molar-refractivity contribution >= 4 is 30.7 Å². The minimum absolute atomic E-state index is 0. The molecule has 1 saturated heterocycles. The van der Waals surface area contributed by atoms with Gasteiger partial charge in [-0.25, -0.2) is 0 Å². The molecule has 0 radical (unpaired) electrons. The highest BCUT2D eigenvalue weighted by Crippen LogP contribution is 2.16. The first-order valence-corrected chi connectivity index (χ1v) is 8.88. The Morgan fingerprint density at radius 3 is 2.67 bits per heavy atom. The van der Waals surface area contributed by atoms with Gasteiger partial charge in [-0.2, -0.15) is 5.10 Å². The molecule has 2 heterocycles. The molecule has 27 heavy (non-hydrogen) atoms. The topological polar surface area (TPSA) is 62.2 Å². The Bertz CT molecular complexity index is 694. The highest BCUT2D eigenvalue weighted by Gasteiger charge is 2.26. The Morgan fingerprint density at radius 2 is 2.04 bits per heavy atom. The molecule has 0 saturated carbocycles. The maximum absolute atomic E-state index is 12.7. The molecule has 2 aromatic rings. The Balaban J connectivity index is 0.00000182. The molecule has 8 heteroatoms. The minimum Gasteiger partial charge on any atom is -0.350 e. The lowest BCUT2D eigenvalue weighted by Gasteiger charge is -2.33. The van der Waals surface area contributed by atoms with Gasteiger partial charge in [0, 0.05) is 37.9 Å². The number of rotatable bonds is 6. The van der Waals surface area contributed by atoms with Crippen LogP contribution in [-0.4, -0.2) is 46.8 Å². The van der Waals surface area contributed by atoms with Crippen LogP contribution in [0.3, 0.4) is 0 Å². The van der Waals surface area contributed by atoms with E-state index in [1.165, 1.54) is 5.56 Å². The number of hydrogen-bond acceptors (Lipinski definition) is 4. The predicted molar refractivity (Wildman–Crippen MR) is 112 cm³/mol. The highest BCUT2D eigenvalue weighted by atomic mass is 35.5. The third kappa shape index (κ3) is 6.50. The zero-order valence-electron chi connectivity index (χ0n) is 15.8. The Kier molecular flexibility index (Phi) is 9.80. The van der Waals surface area contributed by atoms with Gasteiger partial charge in [0.15, 0.2) is 0 Å². The molecule has 1 aromatic heterocycles. The number of benzene rings is 1. The molecule has 0 spiro atoms. The molecule has 6 nitrogen and oxygen atoms in total. The van der Waals surface area contributed by atoms with E-state index in [1.807, 2.05) is 19.3 Å². The molecule has 1 aliphatic heterocycles. The van der Waals surface area contributed by atoms with E-state index in [0.29, 0.717) is 0 Å². The van der Waals surface area contributed by atoms with Crippen LogP contribution in [0.15, 0.2) is 42.7 Å². The molecule has 150 valence electrons. The van der Waals surface area contributed by atoms with Crippen molar-refractivity contribution in [3.63, 3.8) is 0 Å². The normalized spacial score (nSPS) is 18.1. The summed E-state index contributed by atoms with van der Waals surface area (Å²) in [5.41, 5.74) is 2.21. The van der Waals surface area contributed by atoms with Crippen LogP contribution >= 0.6 is 24.8 Å². The molecule has 1 amide bonds. The molecule has 0 bridgehead atoms. The molecular formula is C19H29Cl2N5O. The molecule has 1 aliphatic rings. The van der Waals surface area contributed by atoms with Crippen molar-refractivity contribution in [2.45, 2.75) is 31.5 Å². The molecule has 1 fully saturated rings. The number of carbonyl (C=O) groups is 1. The zero-order valence-corrected chi connectivity index (χ0v) is 17.4. The SMILES string of the molecule is CNC(C(=O)NC1CCCN(Cc2ccccc2)C1)c1cnn(C)c1.Cl.Cl. The van der Waals surface area contributed by atoms with E-state index in [0.717, 1.165) is 38.0 Å². The second-order valence-corrected chi connectivity index (χ2v) is 6.74. The number of aryl methyl sites for hydroxylation is 1. The minimum atomic E-state index is -0.363. The number of amides is 1. The van der Waals surface area contributed by atoms with Crippen LogP contribution in [0.5, 0.6) is 0 Å². The molecule has 0 aliphatic carbocycles. The van der Waals surface area contributed by atoms with Crippen molar-refractivity contribution in [3.8, 4) is 0 Å². The van der Waals surface area contributed by atoms with Gasteiger partial charge in [-0.15, -0.1) is 24.8 Å². The van der Waals surface area contributed by atoms with Crippen molar-refractivity contribution < 1.29 is 4.79 Å². The molecule has 2 unspecified atom stereocenters. The van der Waals surface area contributed by atoms with Gasteiger partial charge in [0.05, 0.1) is 6.20 Å². The lowest BCUT2D eigenvalue weighted by Crippen LogP contribution is -2.49. The quantitative estimate of drug-likeness (QED) is 0.762. The number of hydrogen-bond donors (Lipinski definition) is 2. The number of piperidine rings is 1. The van der Waals surface area contributed by atoms with E-state index in [4.69, 9.17) is 0 Å². The highest BCUT2D eigenvalue weighted by molar-refractivity contribution is 5.85. The van der Waals surface area contributed by atoms with Crippen LogP contribution in [0.2, 0.25) is 0 Å². The fourth-order valence-electron chi connectivity index (χ4n) is 3.48. The summed E-state index contributed by atoms with van der Waals surface area (Å²) in [6, 6.07) is 10.3. The number of likely N-dealkylation sites (N-methyl/N-ethyl adjacent to an activating group) is 1. The zero-order chi connectivity index (χ0) is 17.6. The fourth-order valence-corrected chi connectivity index (χ4v) is 3.48. The van der Waals surface area contributed by atoms with Gasteiger partial charge in [0.25, 0.3) is 0 Å². The average Bonchev–Trinajstić information content (AvgIpc) is 3.03. The van der Waals surface area contributed by atoms with E-state index in [2.05, 4.69) is 44.9 Å². The second-order valence-electron chi connectivity index (χ2n) is 6.74. The van der Waals surface area contributed by atoms with Gasteiger partial charge in [0.2, 0.25) is 5.91 Å². The Hall–Kier alpha value is -1.60. The van der Waals surface area contributed by atoms with Gasteiger partial charge < -0.3 is 10.6 Å². The lowest BCUT2D eigenvalue weighted by molar-refractivity contribution is -0.124. The molecular weight excluding hydrogens is 385 g/mol. The first kappa shape index (κ1) is 23.4. The van der Waals surface area contributed by atoms with Crippen molar-refractivity contribution in [2.24, 2.45) is 7.05 Å². The first-order chi connectivity index (χ1) is 12.2. The largest absolute Gasteiger partial charge is 0.350 e. The second kappa shape index (κ2) is 11.3. The summed E-state index contributed by atoms with van der Waals surface area (Å²) >= 11 is 0. The number of halogens is 2. The third-order valence-corrected chi connectivity index (χ3v) is 4.71. The summed E-state index contributed by atoms with van der Waals surface area (Å²) in [4.78, 5) is 15.1. The van der Waals surface area contributed by atoms with Gasteiger partial charge in [-0.05, 0) is 32.0 Å². The van der Waals surface area contributed by atoms with E-state index in [-0.39, 0.29) is 42.8 Å². The number of likely N-dealkylation sites (tertiary alicyclic amines) is 1. The molecule has 3 rings (SSSR count). The van der Waals surface area contributed by atoms with Crippen molar-refractivity contribution in [1.82, 2.24) is 25.3 Å². The van der Waals surface area contributed by atoms with E-state index in [1.54, 1.807) is 17.9 Å². The fraction of sp³-hybridized carbons (Fsp3) is 0.474. The van der Waals surface area contributed by atoms with Crippen LogP contribution < -0.4 is 10.6 Å². The smallest absolute Gasteiger partial charge is 0.242 e. The number of carbonyl (C=O) groups excluding carboxylic acids is 1. The van der Waals surface area contributed by atoms with Crippen LogP contribution in [0.1, 0.15) is 30.0 Å². The maximum Gasteiger partial charge on any atom is 0.242 e. The summed E-state index contributed by atoms with van der Waals surface area (Å²) in [5.74, 6) is 0.0158. The van der Waals surface area contributed by atoms with Gasteiger partial charge in [-0.1, -0.05) is 30.3 Å². The van der Waals surface area contributed by atoms with Crippen LogP contribution in [0.25, 0.3) is 0 Å². The van der Waals surface area contributed by atoms with Crippen molar-refractivity contribution in [2.75, 3.05) is 20.1 Å².